The third-order valence-corrected chi connectivity index (χ3v) is 10.6. The Hall–Kier alpha value is -4.53. The van der Waals surface area contributed by atoms with E-state index in [9.17, 15) is 9.90 Å². The number of likely N-dealkylation sites (tertiary alicyclic amines) is 1. The van der Waals surface area contributed by atoms with Crippen molar-refractivity contribution in [1.82, 2.24) is 4.90 Å². The van der Waals surface area contributed by atoms with Crippen LogP contribution in [0.2, 0.25) is 0 Å². The van der Waals surface area contributed by atoms with Crippen LogP contribution in [0.4, 0.5) is 11.4 Å². The highest BCUT2D eigenvalue weighted by atomic mass is 16.5. The average Bonchev–Trinajstić information content (AvgIpc) is 3.38. The molecule has 8 nitrogen and oxygen atoms in total. The van der Waals surface area contributed by atoms with Crippen molar-refractivity contribution in [2.45, 2.75) is 56.9 Å². The Balaban J connectivity index is 1.40. The molecule has 0 aliphatic carbocycles. The molecule has 3 aromatic rings. The van der Waals surface area contributed by atoms with Gasteiger partial charge in [-0.25, -0.2) is 0 Å². The summed E-state index contributed by atoms with van der Waals surface area (Å²) < 4.78 is 7.18. The van der Waals surface area contributed by atoms with Crippen molar-refractivity contribution in [3.05, 3.63) is 120 Å². The minimum atomic E-state index is -1.43. The van der Waals surface area contributed by atoms with Crippen LogP contribution in [0, 0.1) is 25.7 Å². The van der Waals surface area contributed by atoms with Crippen molar-refractivity contribution >= 4 is 29.1 Å². The third-order valence-electron chi connectivity index (χ3n) is 10.6. The number of amides is 3. The zero-order chi connectivity index (χ0) is 32.9. The Labute approximate surface area is 275 Å². The van der Waals surface area contributed by atoms with Crippen molar-refractivity contribution in [3.8, 4) is 0 Å². The Kier molecular flexibility index (Phi) is 7.89. The predicted octanol–water partition coefficient (Wildman–Crippen LogP) is 4.77. The minimum absolute atomic E-state index is 0.209. The maximum Gasteiger partial charge on any atom is 0.253 e. The van der Waals surface area contributed by atoms with Crippen LogP contribution in [0.25, 0.3) is 0 Å². The monoisotopic (exact) mass is 631 g/mol. The topological polar surface area (TPSA) is 90.4 Å². The van der Waals surface area contributed by atoms with Gasteiger partial charge in [0.1, 0.15) is 11.6 Å². The molecule has 4 aliphatic rings. The Morgan fingerprint density at radius 3 is 2.09 bits per heavy atom. The van der Waals surface area contributed by atoms with Gasteiger partial charge in [-0.2, -0.15) is 0 Å². The molecule has 3 amide bonds. The molecule has 47 heavy (non-hydrogen) atoms. The quantitative estimate of drug-likeness (QED) is 0.380. The zero-order valence-corrected chi connectivity index (χ0v) is 27.1. The standard InChI is InChI=1S/C39H41N3O5/c1-4-38-20-12-22-40(29-18-9-6-10-19-29)35(44)31(38)32-36(45)42(30(25-43)24-28-16-7-5-8-17-28)34-37(46)41(23-13-21-39(32,34)47-38)33-26(2)14-11-15-27(33)3/h5-21,30-32,34,43H,4,22-25H2,1-3H3/t30-,31-,32+,34?,38+,39+/m1/s1. The molecule has 3 aromatic carbocycles. The number of para-hydroxylation sites is 2. The molecular weight excluding hydrogens is 590 g/mol. The Morgan fingerprint density at radius 1 is 0.787 bits per heavy atom. The van der Waals surface area contributed by atoms with E-state index in [-0.39, 0.29) is 30.9 Å². The van der Waals surface area contributed by atoms with Gasteiger partial charge in [-0.1, -0.05) is 98.0 Å². The lowest BCUT2D eigenvalue weighted by Crippen LogP contribution is -2.59. The van der Waals surface area contributed by atoms with Crippen LogP contribution in [0.15, 0.2) is 103 Å². The predicted molar refractivity (Wildman–Crippen MR) is 181 cm³/mol. The summed E-state index contributed by atoms with van der Waals surface area (Å²) in [5.41, 5.74) is 1.82. The number of carbonyl (C=O) groups excluding carboxylic acids is 3. The second-order valence-corrected chi connectivity index (χ2v) is 13.2. The second kappa shape index (κ2) is 11.9. The molecule has 8 heteroatoms. The first-order chi connectivity index (χ1) is 22.8. The summed E-state index contributed by atoms with van der Waals surface area (Å²) in [6, 6.07) is 23.2. The molecule has 242 valence electrons. The van der Waals surface area contributed by atoms with Crippen LogP contribution in [0.3, 0.4) is 0 Å². The van der Waals surface area contributed by atoms with Crippen molar-refractivity contribution < 1.29 is 24.2 Å². The summed E-state index contributed by atoms with van der Waals surface area (Å²) in [7, 11) is 0. The number of rotatable bonds is 7. The van der Waals surface area contributed by atoms with Gasteiger partial charge in [0.2, 0.25) is 11.8 Å². The third kappa shape index (κ3) is 4.76. The number of carbonyl (C=O) groups is 3. The number of hydrogen-bond donors (Lipinski definition) is 1. The van der Waals surface area contributed by atoms with Gasteiger partial charge in [-0.05, 0) is 55.5 Å². The van der Waals surface area contributed by atoms with Crippen molar-refractivity contribution in [3.63, 3.8) is 0 Å². The highest BCUT2D eigenvalue weighted by Gasteiger charge is 2.76. The number of anilines is 2. The lowest BCUT2D eigenvalue weighted by molar-refractivity contribution is -0.149. The molecule has 1 unspecified atom stereocenters. The summed E-state index contributed by atoms with van der Waals surface area (Å²) in [6.07, 6.45) is 8.47. The summed E-state index contributed by atoms with van der Waals surface area (Å²) in [5, 5.41) is 10.9. The smallest absolute Gasteiger partial charge is 0.253 e. The molecule has 2 saturated heterocycles. The molecule has 1 spiro atoms. The van der Waals surface area contributed by atoms with Crippen LogP contribution in [-0.4, -0.2) is 70.7 Å². The maximum atomic E-state index is 15.1. The Bertz CT molecular complexity index is 1740. The SMILES string of the molecule is CC[C@]12C=CCN(c3ccccc3)C(=O)[C@H]1[C@H]1C(=O)N([C@@H](CO)Cc3ccccc3)C3C(=O)N(c4c(C)cccc4C)CC=C[C@@]31O2. The Morgan fingerprint density at radius 2 is 1.43 bits per heavy atom. The molecule has 4 heterocycles. The number of aliphatic hydroxyl groups is 1. The van der Waals surface area contributed by atoms with Gasteiger partial charge in [-0.15, -0.1) is 0 Å². The zero-order valence-electron chi connectivity index (χ0n) is 27.1. The normalized spacial score (nSPS) is 29.0. The summed E-state index contributed by atoms with van der Waals surface area (Å²) in [4.78, 5) is 50.1. The fourth-order valence-electron chi connectivity index (χ4n) is 8.50. The molecule has 0 bridgehead atoms. The maximum absolute atomic E-state index is 15.1. The van der Waals surface area contributed by atoms with E-state index in [1.54, 1.807) is 14.7 Å². The van der Waals surface area contributed by atoms with Gasteiger partial charge in [0.15, 0.2) is 0 Å². The highest BCUT2D eigenvalue weighted by Crippen LogP contribution is 2.59. The molecule has 0 saturated carbocycles. The summed E-state index contributed by atoms with van der Waals surface area (Å²) in [6.45, 7) is 6.19. The van der Waals surface area contributed by atoms with Gasteiger partial charge < -0.3 is 24.5 Å². The van der Waals surface area contributed by atoms with Gasteiger partial charge in [0.05, 0.1) is 30.1 Å². The fourth-order valence-corrected chi connectivity index (χ4v) is 8.50. The first-order valence-corrected chi connectivity index (χ1v) is 16.5. The number of hydrogen-bond acceptors (Lipinski definition) is 5. The minimum Gasteiger partial charge on any atom is -0.394 e. The highest BCUT2D eigenvalue weighted by molar-refractivity contribution is 6.08. The summed E-state index contributed by atoms with van der Waals surface area (Å²) >= 11 is 0. The van der Waals surface area contributed by atoms with Gasteiger partial charge in [-0.3, -0.25) is 14.4 Å². The van der Waals surface area contributed by atoms with Crippen molar-refractivity contribution in [1.29, 1.82) is 0 Å². The molecule has 2 fully saturated rings. The van der Waals surface area contributed by atoms with E-state index in [1.807, 2.05) is 124 Å². The molecule has 0 aromatic heterocycles. The molecule has 7 rings (SSSR count). The van der Waals surface area contributed by atoms with E-state index < -0.39 is 35.1 Å². The van der Waals surface area contributed by atoms with Crippen LogP contribution < -0.4 is 9.80 Å². The second-order valence-electron chi connectivity index (χ2n) is 13.2. The lowest BCUT2D eigenvalue weighted by atomic mass is 9.73. The van der Waals surface area contributed by atoms with E-state index in [0.717, 1.165) is 28.1 Å². The number of benzene rings is 3. The largest absolute Gasteiger partial charge is 0.394 e. The molecule has 4 aliphatic heterocycles. The number of nitrogens with zero attached hydrogens (tertiary/aromatic N) is 3. The number of fused-ring (bicyclic) bond motifs is 2. The van der Waals surface area contributed by atoms with Crippen LogP contribution in [-0.2, 0) is 25.5 Å². The molecule has 6 atom stereocenters. The van der Waals surface area contributed by atoms with Crippen molar-refractivity contribution in [2.24, 2.45) is 11.8 Å². The number of aryl methyl sites for hydroxylation is 2. The van der Waals surface area contributed by atoms with Crippen molar-refractivity contribution in [2.75, 3.05) is 29.5 Å². The summed E-state index contributed by atoms with van der Waals surface area (Å²) in [5.74, 6) is -2.69. The van der Waals surface area contributed by atoms with Crippen LogP contribution in [0.5, 0.6) is 0 Å². The van der Waals surface area contributed by atoms with Crippen LogP contribution in [0.1, 0.15) is 30.0 Å². The van der Waals surface area contributed by atoms with Gasteiger partial charge in [0, 0.05) is 24.5 Å². The van der Waals surface area contributed by atoms with E-state index in [0.29, 0.717) is 19.4 Å². The molecule has 1 N–H and O–H groups in total. The van der Waals surface area contributed by atoms with E-state index in [1.165, 1.54) is 0 Å². The van der Waals surface area contributed by atoms with Gasteiger partial charge in [0.25, 0.3) is 5.91 Å². The number of ether oxygens (including phenoxy) is 1. The van der Waals surface area contributed by atoms with Gasteiger partial charge >= 0.3 is 0 Å². The van der Waals surface area contributed by atoms with E-state index in [4.69, 9.17) is 4.74 Å². The van der Waals surface area contributed by atoms with Crippen LogP contribution >= 0.6 is 0 Å². The first kappa shape index (κ1) is 31.1. The molecule has 0 radical (unpaired) electrons. The first-order valence-electron chi connectivity index (χ1n) is 16.5. The average molecular weight is 632 g/mol. The molecular formula is C39H41N3O5. The number of aliphatic hydroxyl groups excluding tert-OH is 1. The van der Waals surface area contributed by atoms with E-state index >= 15 is 9.59 Å². The lowest BCUT2D eigenvalue weighted by Gasteiger charge is -2.41. The fraction of sp³-hybridized carbons (Fsp3) is 0.359. The van der Waals surface area contributed by atoms with E-state index in [2.05, 4.69) is 0 Å².